The van der Waals surface area contributed by atoms with Gasteiger partial charge in [0.2, 0.25) is 0 Å². The first kappa shape index (κ1) is 13.8. The predicted molar refractivity (Wildman–Crippen MR) is 76.7 cm³/mol. The topological polar surface area (TPSA) is 15.6 Å². The first-order valence-corrected chi connectivity index (χ1v) is 6.66. The van der Waals surface area contributed by atoms with Crippen molar-refractivity contribution in [2.45, 2.75) is 45.4 Å². The summed E-state index contributed by atoms with van der Waals surface area (Å²) in [6, 6.07) is 10.2. The van der Waals surface area contributed by atoms with Gasteiger partial charge in [-0.25, -0.2) is 0 Å². The van der Waals surface area contributed by atoms with Gasteiger partial charge in [-0.3, -0.25) is 5.01 Å². The fraction of sp³-hybridized carbons (Fsp3) is 0.533. The van der Waals surface area contributed by atoms with Crippen LogP contribution in [0.2, 0.25) is 0 Å². The summed E-state index contributed by atoms with van der Waals surface area (Å²) in [5.41, 5.74) is 1.13. The zero-order valence-corrected chi connectivity index (χ0v) is 11.1. The zero-order chi connectivity index (χ0) is 12.3. The third kappa shape index (κ3) is 6.10. The minimum atomic E-state index is 1.08. The van der Waals surface area contributed by atoms with Gasteiger partial charge < -0.3 is 0 Å². The lowest BCUT2D eigenvalue weighted by Gasteiger charge is -2.11. The van der Waals surface area contributed by atoms with Crippen molar-refractivity contribution in [3.63, 3.8) is 0 Å². The van der Waals surface area contributed by atoms with Gasteiger partial charge in [-0.15, -0.1) is 0 Å². The standard InChI is InChI=1S/C15H24N2/c1-3-4-5-6-7-11-14-16-17(2)15-12-9-8-10-13-15/h8-10,12-14H,3-7,11H2,1-2H3/b16-14+. The molecule has 0 saturated heterocycles. The van der Waals surface area contributed by atoms with Crippen LogP contribution in [0.1, 0.15) is 45.4 Å². The number of unbranched alkanes of at least 4 members (excludes halogenated alkanes) is 5. The summed E-state index contributed by atoms with van der Waals surface area (Å²) in [7, 11) is 1.99. The van der Waals surface area contributed by atoms with Crippen molar-refractivity contribution in [3.8, 4) is 0 Å². The van der Waals surface area contributed by atoms with E-state index in [1.807, 2.05) is 36.5 Å². The Kier molecular flexibility index (Phi) is 7.12. The minimum Gasteiger partial charge on any atom is -0.269 e. The molecule has 0 atom stereocenters. The maximum Gasteiger partial charge on any atom is 0.0590 e. The Morgan fingerprint density at radius 3 is 2.47 bits per heavy atom. The number of anilines is 1. The van der Waals surface area contributed by atoms with Crippen molar-refractivity contribution in [2.75, 3.05) is 12.1 Å². The van der Waals surface area contributed by atoms with Gasteiger partial charge in [0.25, 0.3) is 0 Å². The van der Waals surface area contributed by atoms with Gasteiger partial charge in [0.1, 0.15) is 0 Å². The van der Waals surface area contributed by atoms with E-state index in [0.29, 0.717) is 0 Å². The Labute approximate surface area is 105 Å². The molecule has 1 rings (SSSR count). The smallest absolute Gasteiger partial charge is 0.0590 e. The minimum absolute atomic E-state index is 1.08. The molecule has 0 spiro atoms. The van der Waals surface area contributed by atoms with Crippen molar-refractivity contribution in [2.24, 2.45) is 5.10 Å². The van der Waals surface area contributed by atoms with Crippen LogP contribution < -0.4 is 5.01 Å². The van der Waals surface area contributed by atoms with E-state index in [1.165, 1.54) is 32.1 Å². The van der Waals surface area contributed by atoms with Gasteiger partial charge >= 0.3 is 0 Å². The number of para-hydroxylation sites is 1. The van der Waals surface area contributed by atoms with Crippen LogP contribution in [0.15, 0.2) is 35.4 Å². The van der Waals surface area contributed by atoms with E-state index in [0.717, 1.165) is 12.1 Å². The molecule has 0 aliphatic heterocycles. The van der Waals surface area contributed by atoms with Crippen LogP contribution in [0.3, 0.4) is 0 Å². The number of hydrazone groups is 1. The van der Waals surface area contributed by atoms with E-state index in [2.05, 4.69) is 24.2 Å². The van der Waals surface area contributed by atoms with E-state index in [4.69, 9.17) is 0 Å². The van der Waals surface area contributed by atoms with Gasteiger partial charge in [-0.1, -0.05) is 50.8 Å². The molecule has 0 fully saturated rings. The summed E-state index contributed by atoms with van der Waals surface area (Å²) in [6.45, 7) is 2.25. The summed E-state index contributed by atoms with van der Waals surface area (Å²) in [5, 5.41) is 6.34. The van der Waals surface area contributed by atoms with Crippen LogP contribution in [-0.4, -0.2) is 13.3 Å². The highest BCUT2D eigenvalue weighted by Crippen LogP contribution is 2.11. The average molecular weight is 232 g/mol. The second kappa shape index (κ2) is 8.80. The van der Waals surface area contributed by atoms with E-state index in [9.17, 15) is 0 Å². The van der Waals surface area contributed by atoms with Crippen molar-refractivity contribution < 1.29 is 0 Å². The molecule has 2 heteroatoms. The van der Waals surface area contributed by atoms with Gasteiger partial charge in [0.15, 0.2) is 0 Å². The van der Waals surface area contributed by atoms with Gasteiger partial charge in [0, 0.05) is 13.3 Å². The normalized spacial score (nSPS) is 10.9. The number of rotatable bonds is 8. The van der Waals surface area contributed by atoms with Crippen LogP contribution in [-0.2, 0) is 0 Å². The molecule has 17 heavy (non-hydrogen) atoms. The molecule has 0 amide bonds. The van der Waals surface area contributed by atoms with Crippen LogP contribution in [0.25, 0.3) is 0 Å². The molecule has 1 aromatic rings. The molecular formula is C15H24N2. The second-order valence-corrected chi connectivity index (χ2v) is 4.36. The summed E-state index contributed by atoms with van der Waals surface area (Å²) < 4.78 is 0. The summed E-state index contributed by atoms with van der Waals surface area (Å²) in [6.07, 6.45) is 9.73. The van der Waals surface area contributed by atoms with Crippen molar-refractivity contribution in [1.82, 2.24) is 0 Å². The Bertz CT molecular complexity index is 306. The fourth-order valence-electron chi connectivity index (χ4n) is 1.73. The summed E-state index contributed by atoms with van der Waals surface area (Å²) in [4.78, 5) is 0. The Balaban J connectivity index is 2.16. The first-order valence-electron chi connectivity index (χ1n) is 6.66. The molecule has 0 bridgehead atoms. The molecule has 0 aromatic heterocycles. The van der Waals surface area contributed by atoms with Gasteiger partial charge in [0.05, 0.1) is 5.69 Å². The van der Waals surface area contributed by atoms with E-state index in [-0.39, 0.29) is 0 Å². The lowest BCUT2D eigenvalue weighted by Crippen LogP contribution is -2.08. The number of hydrogen-bond acceptors (Lipinski definition) is 2. The lowest BCUT2D eigenvalue weighted by atomic mass is 10.1. The van der Waals surface area contributed by atoms with Gasteiger partial charge in [-0.2, -0.15) is 5.10 Å². The van der Waals surface area contributed by atoms with Crippen LogP contribution >= 0.6 is 0 Å². The van der Waals surface area contributed by atoms with Gasteiger partial charge in [-0.05, 0) is 25.0 Å². The zero-order valence-electron chi connectivity index (χ0n) is 11.1. The molecule has 2 nitrogen and oxygen atoms in total. The van der Waals surface area contributed by atoms with Crippen molar-refractivity contribution in [3.05, 3.63) is 30.3 Å². The maximum absolute atomic E-state index is 4.42. The van der Waals surface area contributed by atoms with Crippen molar-refractivity contribution in [1.29, 1.82) is 0 Å². The van der Waals surface area contributed by atoms with E-state index >= 15 is 0 Å². The highest BCUT2D eigenvalue weighted by atomic mass is 15.4. The van der Waals surface area contributed by atoms with E-state index in [1.54, 1.807) is 0 Å². The SMILES string of the molecule is CCCCCCC/C=N/N(C)c1ccccc1. The molecule has 0 aliphatic rings. The molecule has 0 N–H and O–H groups in total. The quantitative estimate of drug-likeness (QED) is 0.367. The first-order chi connectivity index (χ1) is 8.34. The van der Waals surface area contributed by atoms with E-state index < -0.39 is 0 Å². The molecule has 1 aromatic carbocycles. The Morgan fingerprint density at radius 1 is 1.06 bits per heavy atom. The molecule has 0 radical (unpaired) electrons. The molecule has 0 aliphatic carbocycles. The molecule has 0 unspecified atom stereocenters. The van der Waals surface area contributed by atoms with Crippen molar-refractivity contribution >= 4 is 11.9 Å². The third-order valence-electron chi connectivity index (χ3n) is 2.82. The van der Waals surface area contributed by atoms with Crippen LogP contribution in [0.5, 0.6) is 0 Å². The number of benzene rings is 1. The third-order valence-corrected chi connectivity index (χ3v) is 2.82. The average Bonchev–Trinajstić information content (AvgIpc) is 2.38. The highest BCUT2D eigenvalue weighted by molar-refractivity contribution is 5.60. The fourth-order valence-corrected chi connectivity index (χ4v) is 1.73. The van der Waals surface area contributed by atoms with Crippen LogP contribution in [0, 0.1) is 0 Å². The highest BCUT2D eigenvalue weighted by Gasteiger charge is 1.94. The van der Waals surface area contributed by atoms with Crippen LogP contribution in [0.4, 0.5) is 5.69 Å². The number of nitrogens with zero attached hydrogens (tertiary/aromatic N) is 2. The number of hydrogen-bond donors (Lipinski definition) is 0. The largest absolute Gasteiger partial charge is 0.269 e. The summed E-state index contributed by atoms with van der Waals surface area (Å²) in [5.74, 6) is 0. The summed E-state index contributed by atoms with van der Waals surface area (Å²) >= 11 is 0. The Morgan fingerprint density at radius 2 is 1.76 bits per heavy atom. The molecule has 94 valence electrons. The lowest BCUT2D eigenvalue weighted by molar-refractivity contribution is 0.644. The monoisotopic (exact) mass is 232 g/mol. The second-order valence-electron chi connectivity index (χ2n) is 4.36. The Hall–Kier alpha value is -1.31. The molecular weight excluding hydrogens is 208 g/mol. The predicted octanol–water partition coefficient (Wildman–Crippen LogP) is 4.47. The molecule has 0 heterocycles. The maximum atomic E-state index is 4.42. The molecule has 0 saturated carbocycles.